The van der Waals surface area contributed by atoms with Crippen molar-refractivity contribution in [3.63, 3.8) is 0 Å². The number of hydrogen-bond acceptors (Lipinski definition) is 2. The van der Waals surface area contributed by atoms with Crippen LogP contribution in [0.2, 0.25) is 0 Å². The minimum atomic E-state index is -3.18. The van der Waals surface area contributed by atoms with Gasteiger partial charge in [-0.05, 0) is 41.5 Å². The molecule has 0 saturated carbocycles. The SMILES string of the molecule is CCC(C)c1cc(S(C)(=O)=O)c(C(C)C)cc1Br. The van der Waals surface area contributed by atoms with Gasteiger partial charge in [-0.3, -0.25) is 0 Å². The van der Waals surface area contributed by atoms with E-state index >= 15 is 0 Å². The average molecular weight is 333 g/mol. The lowest BCUT2D eigenvalue weighted by molar-refractivity contribution is 0.599. The van der Waals surface area contributed by atoms with E-state index in [2.05, 4.69) is 29.8 Å². The highest BCUT2D eigenvalue weighted by molar-refractivity contribution is 9.10. The van der Waals surface area contributed by atoms with Crippen LogP contribution in [0, 0.1) is 0 Å². The predicted octanol–water partition coefficient (Wildman–Crippen LogP) is 4.49. The molecule has 0 saturated heterocycles. The monoisotopic (exact) mass is 332 g/mol. The van der Waals surface area contributed by atoms with Crippen LogP contribution in [-0.4, -0.2) is 14.7 Å². The van der Waals surface area contributed by atoms with Crippen molar-refractivity contribution in [3.05, 3.63) is 27.7 Å². The van der Waals surface area contributed by atoms with E-state index in [1.54, 1.807) is 0 Å². The molecule has 0 aliphatic rings. The molecule has 0 bridgehead atoms. The summed E-state index contributed by atoms with van der Waals surface area (Å²) < 4.78 is 24.8. The molecule has 2 nitrogen and oxygen atoms in total. The molecule has 18 heavy (non-hydrogen) atoms. The van der Waals surface area contributed by atoms with E-state index in [0.717, 1.165) is 22.0 Å². The van der Waals surface area contributed by atoms with Gasteiger partial charge in [0.05, 0.1) is 4.90 Å². The van der Waals surface area contributed by atoms with Crippen molar-refractivity contribution in [1.29, 1.82) is 0 Å². The highest BCUT2D eigenvalue weighted by Crippen LogP contribution is 2.34. The van der Waals surface area contributed by atoms with Gasteiger partial charge in [-0.2, -0.15) is 0 Å². The quantitative estimate of drug-likeness (QED) is 0.813. The van der Waals surface area contributed by atoms with Crippen LogP contribution in [0.1, 0.15) is 57.1 Å². The zero-order chi connectivity index (χ0) is 14.1. The second-order valence-electron chi connectivity index (χ2n) is 5.15. The van der Waals surface area contributed by atoms with Crippen LogP contribution in [0.3, 0.4) is 0 Å². The normalized spacial score (nSPS) is 13.9. The first-order valence-electron chi connectivity index (χ1n) is 6.21. The van der Waals surface area contributed by atoms with E-state index in [1.165, 1.54) is 6.26 Å². The fraction of sp³-hybridized carbons (Fsp3) is 0.571. The Hall–Kier alpha value is -0.350. The number of sulfone groups is 1. The van der Waals surface area contributed by atoms with E-state index in [9.17, 15) is 8.42 Å². The number of rotatable bonds is 4. The van der Waals surface area contributed by atoms with Crippen molar-refractivity contribution >= 4 is 25.8 Å². The van der Waals surface area contributed by atoms with Crippen molar-refractivity contribution < 1.29 is 8.42 Å². The van der Waals surface area contributed by atoms with E-state index in [4.69, 9.17) is 0 Å². The largest absolute Gasteiger partial charge is 0.224 e. The highest BCUT2D eigenvalue weighted by atomic mass is 79.9. The number of benzene rings is 1. The first-order valence-corrected chi connectivity index (χ1v) is 8.90. The van der Waals surface area contributed by atoms with E-state index in [0.29, 0.717) is 10.8 Å². The molecular weight excluding hydrogens is 312 g/mol. The van der Waals surface area contributed by atoms with Crippen molar-refractivity contribution in [3.8, 4) is 0 Å². The van der Waals surface area contributed by atoms with Crippen LogP contribution in [0.25, 0.3) is 0 Å². The minimum absolute atomic E-state index is 0.192. The molecule has 0 radical (unpaired) electrons. The van der Waals surface area contributed by atoms with Crippen LogP contribution in [0.4, 0.5) is 0 Å². The van der Waals surface area contributed by atoms with Gasteiger partial charge < -0.3 is 0 Å². The summed E-state index contributed by atoms with van der Waals surface area (Å²) in [5, 5.41) is 0. The molecule has 1 atom stereocenters. The third-order valence-electron chi connectivity index (χ3n) is 3.29. The van der Waals surface area contributed by atoms with Gasteiger partial charge in [0, 0.05) is 10.7 Å². The molecule has 0 fully saturated rings. The molecule has 102 valence electrons. The van der Waals surface area contributed by atoms with Crippen LogP contribution >= 0.6 is 15.9 Å². The van der Waals surface area contributed by atoms with E-state index in [-0.39, 0.29) is 5.92 Å². The maximum atomic E-state index is 11.9. The van der Waals surface area contributed by atoms with Gasteiger partial charge in [0.25, 0.3) is 0 Å². The second kappa shape index (κ2) is 5.74. The second-order valence-corrected chi connectivity index (χ2v) is 7.99. The average Bonchev–Trinajstić information content (AvgIpc) is 2.25. The summed E-state index contributed by atoms with van der Waals surface area (Å²) in [5.74, 6) is 0.540. The molecule has 0 N–H and O–H groups in total. The molecule has 0 aliphatic heterocycles. The summed E-state index contributed by atoms with van der Waals surface area (Å²) >= 11 is 3.56. The van der Waals surface area contributed by atoms with Gasteiger partial charge in [-0.15, -0.1) is 0 Å². The Kier molecular flexibility index (Phi) is 5.01. The molecule has 1 unspecified atom stereocenters. The van der Waals surface area contributed by atoms with Gasteiger partial charge in [-0.1, -0.05) is 43.6 Å². The van der Waals surface area contributed by atoms with Crippen molar-refractivity contribution in [2.75, 3.05) is 6.26 Å². The van der Waals surface area contributed by atoms with Gasteiger partial charge in [0.15, 0.2) is 9.84 Å². The fourth-order valence-electron chi connectivity index (χ4n) is 1.95. The predicted molar refractivity (Wildman–Crippen MR) is 80.0 cm³/mol. The van der Waals surface area contributed by atoms with Crippen LogP contribution in [-0.2, 0) is 9.84 Å². The van der Waals surface area contributed by atoms with Crippen LogP contribution < -0.4 is 0 Å². The Balaban J connectivity index is 3.56. The maximum Gasteiger partial charge on any atom is 0.175 e. The minimum Gasteiger partial charge on any atom is -0.224 e. The Morgan fingerprint density at radius 1 is 1.17 bits per heavy atom. The standard InChI is InChI=1S/C14H21BrO2S/c1-6-10(4)12-8-14(18(5,16)17)11(9(2)3)7-13(12)15/h7-10H,6H2,1-5H3. The van der Waals surface area contributed by atoms with Gasteiger partial charge >= 0.3 is 0 Å². The molecule has 0 heterocycles. The summed E-state index contributed by atoms with van der Waals surface area (Å²) in [4.78, 5) is 0.469. The van der Waals surface area contributed by atoms with Crippen LogP contribution in [0.5, 0.6) is 0 Å². The Morgan fingerprint density at radius 2 is 1.72 bits per heavy atom. The van der Waals surface area contributed by atoms with Crippen LogP contribution in [0.15, 0.2) is 21.5 Å². The number of hydrogen-bond donors (Lipinski definition) is 0. The molecule has 1 rings (SSSR count). The fourth-order valence-corrected chi connectivity index (χ4v) is 3.77. The lowest BCUT2D eigenvalue weighted by Crippen LogP contribution is -2.07. The Bertz CT molecular complexity index is 533. The summed E-state index contributed by atoms with van der Waals surface area (Å²) in [6.07, 6.45) is 2.27. The van der Waals surface area contributed by atoms with Gasteiger partial charge in [-0.25, -0.2) is 8.42 Å². The molecule has 0 amide bonds. The third-order valence-corrected chi connectivity index (χ3v) is 5.13. The molecular formula is C14H21BrO2S. The first kappa shape index (κ1) is 15.7. The lowest BCUT2D eigenvalue weighted by Gasteiger charge is -2.18. The zero-order valence-electron chi connectivity index (χ0n) is 11.6. The summed E-state index contributed by atoms with van der Waals surface area (Å²) in [6.45, 7) is 8.24. The van der Waals surface area contributed by atoms with Crippen molar-refractivity contribution in [2.45, 2.75) is 50.8 Å². The van der Waals surface area contributed by atoms with Crippen molar-refractivity contribution in [1.82, 2.24) is 0 Å². The van der Waals surface area contributed by atoms with E-state index in [1.807, 2.05) is 26.0 Å². The van der Waals surface area contributed by atoms with Crippen molar-refractivity contribution in [2.24, 2.45) is 0 Å². The Labute approximate surface area is 119 Å². The summed E-state index contributed by atoms with van der Waals surface area (Å²) in [6, 6.07) is 3.80. The molecule has 0 aromatic heterocycles. The zero-order valence-corrected chi connectivity index (χ0v) is 14.0. The smallest absolute Gasteiger partial charge is 0.175 e. The molecule has 0 aliphatic carbocycles. The third kappa shape index (κ3) is 3.35. The maximum absolute atomic E-state index is 11.9. The topological polar surface area (TPSA) is 34.1 Å². The van der Waals surface area contributed by atoms with Gasteiger partial charge in [0.2, 0.25) is 0 Å². The summed E-state index contributed by atoms with van der Waals surface area (Å²) in [7, 11) is -3.18. The molecule has 1 aromatic carbocycles. The van der Waals surface area contributed by atoms with Gasteiger partial charge in [0.1, 0.15) is 0 Å². The van der Waals surface area contributed by atoms with E-state index < -0.39 is 9.84 Å². The highest BCUT2D eigenvalue weighted by Gasteiger charge is 2.20. The lowest BCUT2D eigenvalue weighted by atomic mass is 9.95. The summed E-state index contributed by atoms with van der Waals surface area (Å²) in [5.41, 5.74) is 1.96. The molecule has 1 aromatic rings. The number of halogens is 1. The molecule has 0 spiro atoms. The molecule has 4 heteroatoms. The Morgan fingerprint density at radius 3 is 2.11 bits per heavy atom. The first-order chi connectivity index (χ1) is 8.18.